The molecular formula is C9H8BrClN2OS. The minimum Gasteiger partial charge on any atom is -0.333 e. The molecule has 0 spiro atoms. The van der Waals surface area contributed by atoms with Crippen LogP contribution in [0.15, 0.2) is 20.4 Å². The van der Waals surface area contributed by atoms with Crippen LogP contribution in [0.2, 0.25) is 0 Å². The van der Waals surface area contributed by atoms with E-state index in [2.05, 4.69) is 26.1 Å². The molecule has 0 fully saturated rings. The van der Waals surface area contributed by atoms with Crippen molar-refractivity contribution in [3.05, 3.63) is 21.7 Å². The average molecular weight is 308 g/mol. The van der Waals surface area contributed by atoms with Gasteiger partial charge in [0.05, 0.1) is 14.0 Å². The molecule has 2 aromatic heterocycles. The summed E-state index contributed by atoms with van der Waals surface area (Å²) in [5, 5.41) is 3.67. The van der Waals surface area contributed by atoms with E-state index in [1.807, 2.05) is 19.1 Å². The van der Waals surface area contributed by atoms with Crippen LogP contribution in [0.25, 0.3) is 10.8 Å². The Bertz CT molecular complexity index is 456. The van der Waals surface area contributed by atoms with Crippen LogP contribution in [-0.4, -0.2) is 10.1 Å². The van der Waals surface area contributed by atoms with Crippen molar-refractivity contribution in [3.63, 3.8) is 0 Å². The largest absolute Gasteiger partial charge is 0.333 e. The van der Waals surface area contributed by atoms with Crippen LogP contribution in [0.3, 0.4) is 0 Å². The van der Waals surface area contributed by atoms with Crippen molar-refractivity contribution in [2.45, 2.75) is 18.7 Å². The summed E-state index contributed by atoms with van der Waals surface area (Å²) in [4.78, 5) is 5.19. The van der Waals surface area contributed by atoms with Gasteiger partial charge in [-0.25, -0.2) is 0 Å². The number of alkyl halides is 1. The number of hydrogen-bond acceptors (Lipinski definition) is 4. The van der Waals surface area contributed by atoms with Gasteiger partial charge in [0.2, 0.25) is 0 Å². The molecule has 3 nitrogen and oxygen atoms in total. The highest BCUT2D eigenvalue weighted by molar-refractivity contribution is 9.11. The molecule has 15 heavy (non-hydrogen) atoms. The molecule has 0 radical (unpaired) electrons. The SMILES string of the molecule is CCC(Cl)c1noc(-c2ccc(Br)s2)n1. The summed E-state index contributed by atoms with van der Waals surface area (Å²) < 4.78 is 6.17. The Labute approximate surface area is 105 Å². The quantitative estimate of drug-likeness (QED) is 0.796. The fourth-order valence-electron chi connectivity index (χ4n) is 1.07. The molecule has 0 bridgehead atoms. The highest BCUT2D eigenvalue weighted by atomic mass is 79.9. The number of aromatic nitrogens is 2. The van der Waals surface area contributed by atoms with Gasteiger partial charge in [0, 0.05) is 0 Å². The van der Waals surface area contributed by atoms with E-state index in [9.17, 15) is 0 Å². The van der Waals surface area contributed by atoms with Crippen LogP contribution in [0.4, 0.5) is 0 Å². The Hall–Kier alpha value is -0.390. The summed E-state index contributed by atoms with van der Waals surface area (Å²) in [5.41, 5.74) is 0. The van der Waals surface area contributed by atoms with Crippen molar-refractivity contribution in [3.8, 4) is 10.8 Å². The van der Waals surface area contributed by atoms with Gasteiger partial charge in [-0.3, -0.25) is 0 Å². The maximum atomic E-state index is 6.01. The van der Waals surface area contributed by atoms with Gasteiger partial charge in [-0.15, -0.1) is 22.9 Å². The van der Waals surface area contributed by atoms with Crippen molar-refractivity contribution in [2.24, 2.45) is 0 Å². The lowest BCUT2D eigenvalue weighted by atomic mass is 10.3. The summed E-state index contributed by atoms with van der Waals surface area (Å²) in [5.74, 6) is 1.08. The highest BCUT2D eigenvalue weighted by Gasteiger charge is 2.15. The van der Waals surface area contributed by atoms with Crippen LogP contribution in [0.5, 0.6) is 0 Å². The van der Waals surface area contributed by atoms with Crippen LogP contribution in [0, 0.1) is 0 Å². The molecular weight excluding hydrogens is 300 g/mol. The third kappa shape index (κ3) is 2.41. The van der Waals surface area contributed by atoms with E-state index in [1.54, 1.807) is 11.3 Å². The van der Waals surface area contributed by atoms with Crippen LogP contribution in [0.1, 0.15) is 24.5 Å². The normalized spacial score (nSPS) is 13.0. The molecule has 2 aromatic rings. The van der Waals surface area contributed by atoms with Crippen LogP contribution in [-0.2, 0) is 0 Å². The standard InChI is InChI=1S/C9H8BrClN2OS/c1-2-5(11)8-12-9(14-13-8)6-3-4-7(10)15-6/h3-5H,2H2,1H3. The van der Waals surface area contributed by atoms with E-state index >= 15 is 0 Å². The van der Waals surface area contributed by atoms with Crippen molar-refractivity contribution < 1.29 is 4.52 Å². The predicted molar refractivity (Wildman–Crippen MR) is 64.2 cm³/mol. The summed E-state index contributed by atoms with van der Waals surface area (Å²) in [7, 11) is 0. The molecule has 0 aromatic carbocycles. The zero-order chi connectivity index (χ0) is 10.8. The monoisotopic (exact) mass is 306 g/mol. The van der Waals surface area contributed by atoms with E-state index in [0.717, 1.165) is 15.1 Å². The fraction of sp³-hybridized carbons (Fsp3) is 0.333. The Kier molecular flexibility index (Phi) is 3.43. The van der Waals surface area contributed by atoms with Gasteiger partial charge in [0.25, 0.3) is 5.89 Å². The smallest absolute Gasteiger partial charge is 0.268 e. The van der Waals surface area contributed by atoms with Gasteiger partial charge in [-0.2, -0.15) is 4.98 Å². The second-order valence-electron chi connectivity index (χ2n) is 2.94. The maximum absolute atomic E-state index is 6.01. The summed E-state index contributed by atoms with van der Waals surface area (Å²) >= 11 is 10.9. The van der Waals surface area contributed by atoms with Gasteiger partial charge < -0.3 is 4.52 Å². The number of halogens is 2. The zero-order valence-electron chi connectivity index (χ0n) is 7.91. The average Bonchev–Trinajstić information content (AvgIpc) is 2.84. The third-order valence-corrected chi connectivity index (χ3v) is 3.98. The topological polar surface area (TPSA) is 38.9 Å². The van der Waals surface area contributed by atoms with Gasteiger partial charge in [0.15, 0.2) is 5.82 Å². The molecule has 2 rings (SSSR count). The molecule has 1 atom stereocenters. The Morgan fingerprint density at radius 1 is 1.60 bits per heavy atom. The molecule has 0 saturated heterocycles. The second kappa shape index (κ2) is 4.63. The summed E-state index contributed by atoms with van der Waals surface area (Å²) in [6, 6.07) is 3.88. The lowest BCUT2D eigenvalue weighted by Crippen LogP contribution is -1.90. The second-order valence-corrected chi connectivity index (χ2v) is 5.93. The zero-order valence-corrected chi connectivity index (χ0v) is 11.1. The predicted octanol–water partition coefficient (Wildman–Crippen LogP) is 4.25. The number of hydrogen-bond donors (Lipinski definition) is 0. The number of thiophene rings is 1. The van der Waals surface area contributed by atoms with E-state index < -0.39 is 0 Å². The minimum absolute atomic E-state index is 0.175. The molecule has 0 saturated carbocycles. The van der Waals surface area contributed by atoms with Gasteiger partial charge in [0.1, 0.15) is 0 Å². The molecule has 0 aliphatic rings. The van der Waals surface area contributed by atoms with E-state index in [4.69, 9.17) is 16.1 Å². The maximum Gasteiger partial charge on any atom is 0.268 e. The van der Waals surface area contributed by atoms with Crippen LogP contribution < -0.4 is 0 Å². The van der Waals surface area contributed by atoms with Gasteiger partial charge in [-0.05, 0) is 34.5 Å². The van der Waals surface area contributed by atoms with Crippen molar-refractivity contribution in [2.75, 3.05) is 0 Å². The molecule has 0 aliphatic heterocycles. The molecule has 0 N–H and O–H groups in total. The van der Waals surface area contributed by atoms with Crippen molar-refractivity contribution >= 4 is 38.9 Å². The molecule has 2 heterocycles. The molecule has 6 heteroatoms. The summed E-state index contributed by atoms with van der Waals surface area (Å²) in [6.07, 6.45) is 0.786. The summed E-state index contributed by atoms with van der Waals surface area (Å²) in [6.45, 7) is 1.98. The van der Waals surface area contributed by atoms with Crippen LogP contribution >= 0.6 is 38.9 Å². The lowest BCUT2D eigenvalue weighted by Gasteiger charge is -1.95. The molecule has 0 amide bonds. The molecule has 80 valence electrons. The molecule has 1 unspecified atom stereocenters. The number of nitrogens with zero attached hydrogens (tertiary/aromatic N) is 2. The van der Waals surface area contributed by atoms with Gasteiger partial charge >= 0.3 is 0 Å². The third-order valence-electron chi connectivity index (χ3n) is 1.86. The lowest BCUT2D eigenvalue weighted by molar-refractivity contribution is 0.422. The van der Waals surface area contributed by atoms with Gasteiger partial charge in [-0.1, -0.05) is 12.1 Å². The Morgan fingerprint density at radius 2 is 2.40 bits per heavy atom. The fourth-order valence-corrected chi connectivity index (χ4v) is 2.47. The van der Waals surface area contributed by atoms with E-state index in [0.29, 0.717) is 11.7 Å². The first-order valence-corrected chi connectivity index (χ1v) is 6.48. The first-order chi connectivity index (χ1) is 7.20. The van der Waals surface area contributed by atoms with Crippen molar-refractivity contribution in [1.82, 2.24) is 10.1 Å². The molecule has 0 aliphatic carbocycles. The highest BCUT2D eigenvalue weighted by Crippen LogP contribution is 2.31. The Balaban J connectivity index is 2.27. The first-order valence-electron chi connectivity index (χ1n) is 4.44. The first kappa shape index (κ1) is 11.1. The van der Waals surface area contributed by atoms with Crippen molar-refractivity contribution in [1.29, 1.82) is 0 Å². The minimum atomic E-state index is -0.175. The Morgan fingerprint density at radius 3 is 3.00 bits per heavy atom. The van der Waals surface area contributed by atoms with E-state index in [-0.39, 0.29) is 5.38 Å². The number of rotatable bonds is 3. The van der Waals surface area contributed by atoms with E-state index in [1.165, 1.54) is 0 Å².